The van der Waals surface area contributed by atoms with E-state index < -0.39 is 0 Å². The maximum atomic E-state index is 12.3. The number of aromatic nitrogens is 2. The van der Waals surface area contributed by atoms with E-state index in [1.165, 1.54) is 10.7 Å². The van der Waals surface area contributed by atoms with Gasteiger partial charge in [-0.1, -0.05) is 36.4 Å². The SMILES string of the molecule is Cn1nc(C(=O)Nc2ccccc2)cc1C(=O)Nc1ccccc1. The van der Waals surface area contributed by atoms with Gasteiger partial charge in [0, 0.05) is 24.5 Å². The number of benzene rings is 2. The largest absolute Gasteiger partial charge is 0.321 e. The first-order valence-corrected chi connectivity index (χ1v) is 7.40. The molecule has 2 N–H and O–H groups in total. The number of hydrogen-bond acceptors (Lipinski definition) is 3. The molecule has 0 aliphatic rings. The number of rotatable bonds is 4. The molecule has 0 spiro atoms. The monoisotopic (exact) mass is 320 g/mol. The molecular formula is C18H16N4O2. The molecule has 0 saturated carbocycles. The molecule has 0 bridgehead atoms. The third-order valence-corrected chi connectivity index (χ3v) is 3.41. The summed E-state index contributed by atoms with van der Waals surface area (Å²) in [5, 5.41) is 9.62. The van der Waals surface area contributed by atoms with Crippen LogP contribution in [0.2, 0.25) is 0 Å². The molecule has 6 heteroatoms. The Hall–Kier alpha value is -3.41. The summed E-state index contributed by atoms with van der Waals surface area (Å²) in [4.78, 5) is 24.6. The summed E-state index contributed by atoms with van der Waals surface area (Å²) in [6.07, 6.45) is 0. The van der Waals surface area contributed by atoms with E-state index in [4.69, 9.17) is 0 Å². The van der Waals surface area contributed by atoms with Crippen molar-refractivity contribution in [1.82, 2.24) is 9.78 Å². The zero-order valence-electron chi connectivity index (χ0n) is 13.1. The number of carbonyl (C=O) groups excluding carboxylic acids is 2. The summed E-state index contributed by atoms with van der Waals surface area (Å²) >= 11 is 0. The highest BCUT2D eigenvalue weighted by Gasteiger charge is 2.17. The minimum Gasteiger partial charge on any atom is -0.321 e. The van der Waals surface area contributed by atoms with Crippen LogP contribution in [0.3, 0.4) is 0 Å². The minimum absolute atomic E-state index is 0.180. The lowest BCUT2D eigenvalue weighted by Crippen LogP contribution is -2.15. The van der Waals surface area contributed by atoms with Crippen LogP contribution >= 0.6 is 0 Å². The smallest absolute Gasteiger partial charge is 0.276 e. The molecule has 0 saturated heterocycles. The van der Waals surface area contributed by atoms with Crippen molar-refractivity contribution in [3.05, 3.63) is 78.1 Å². The van der Waals surface area contributed by atoms with Gasteiger partial charge in [0.1, 0.15) is 5.69 Å². The van der Waals surface area contributed by atoms with E-state index in [0.717, 1.165) is 0 Å². The number of carbonyl (C=O) groups is 2. The van der Waals surface area contributed by atoms with Crippen molar-refractivity contribution in [1.29, 1.82) is 0 Å². The van der Waals surface area contributed by atoms with Crippen molar-refractivity contribution in [2.24, 2.45) is 7.05 Å². The Kier molecular flexibility index (Phi) is 4.38. The Balaban J connectivity index is 1.75. The van der Waals surface area contributed by atoms with Gasteiger partial charge in [0.2, 0.25) is 0 Å². The van der Waals surface area contributed by atoms with Gasteiger partial charge in [0.15, 0.2) is 5.69 Å². The average molecular weight is 320 g/mol. The Bertz CT molecular complexity index is 857. The summed E-state index contributed by atoms with van der Waals surface area (Å²) in [5.74, 6) is -0.689. The maximum Gasteiger partial charge on any atom is 0.276 e. The van der Waals surface area contributed by atoms with E-state index in [1.54, 1.807) is 31.3 Å². The lowest BCUT2D eigenvalue weighted by molar-refractivity contribution is 0.101. The lowest BCUT2D eigenvalue weighted by atomic mass is 10.2. The quantitative estimate of drug-likeness (QED) is 0.776. The number of anilines is 2. The molecule has 0 aliphatic carbocycles. The summed E-state index contributed by atoms with van der Waals surface area (Å²) in [7, 11) is 1.62. The first-order valence-electron chi connectivity index (χ1n) is 7.40. The predicted molar refractivity (Wildman–Crippen MR) is 92.0 cm³/mol. The second kappa shape index (κ2) is 6.78. The molecule has 3 aromatic rings. The van der Waals surface area contributed by atoms with E-state index in [0.29, 0.717) is 17.1 Å². The topological polar surface area (TPSA) is 76.0 Å². The first kappa shape index (κ1) is 15.5. The lowest BCUT2D eigenvalue weighted by Gasteiger charge is -2.04. The fraction of sp³-hybridized carbons (Fsp3) is 0.0556. The van der Waals surface area contributed by atoms with E-state index >= 15 is 0 Å². The Morgan fingerprint density at radius 1 is 0.833 bits per heavy atom. The molecule has 1 aromatic heterocycles. The third kappa shape index (κ3) is 3.49. The Labute approximate surface area is 139 Å². The van der Waals surface area contributed by atoms with Gasteiger partial charge >= 0.3 is 0 Å². The van der Waals surface area contributed by atoms with Crippen molar-refractivity contribution < 1.29 is 9.59 Å². The molecule has 2 aromatic carbocycles. The van der Waals surface area contributed by atoms with Crippen LogP contribution < -0.4 is 10.6 Å². The molecule has 0 unspecified atom stereocenters. The average Bonchev–Trinajstić information content (AvgIpc) is 2.99. The van der Waals surface area contributed by atoms with Crippen LogP contribution in [0.15, 0.2) is 66.7 Å². The molecule has 6 nitrogen and oxygen atoms in total. The van der Waals surface area contributed by atoms with Gasteiger partial charge in [-0.3, -0.25) is 14.3 Å². The van der Waals surface area contributed by atoms with E-state index in [1.807, 2.05) is 36.4 Å². The van der Waals surface area contributed by atoms with Crippen LogP contribution in [0.1, 0.15) is 21.0 Å². The number of nitrogens with one attached hydrogen (secondary N) is 2. The number of para-hydroxylation sites is 2. The summed E-state index contributed by atoms with van der Waals surface area (Å²) in [6, 6.07) is 19.7. The van der Waals surface area contributed by atoms with Gasteiger partial charge < -0.3 is 10.6 Å². The van der Waals surface area contributed by atoms with E-state index in [2.05, 4.69) is 15.7 Å². The van der Waals surface area contributed by atoms with Crippen LogP contribution in [0.4, 0.5) is 11.4 Å². The number of nitrogens with zero attached hydrogens (tertiary/aromatic N) is 2. The molecule has 120 valence electrons. The standard InChI is InChI=1S/C18H16N4O2/c1-22-16(18(24)20-14-10-6-3-7-11-14)12-15(21-22)17(23)19-13-8-4-2-5-9-13/h2-12H,1H3,(H,19,23)(H,20,24). The molecule has 24 heavy (non-hydrogen) atoms. The molecule has 0 fully saturated rings. The number of amides is 2. The highest BCUT2D eigenvalue weighted by molar-refractivity contribution is 6.07. The fourth-order valence-electron chi connectivity index (χ4n) is 2.22. The summed E-state index contributed by atoms with van der Waals surface area (Å²) in [6.45, 7) is 0. The van der Waals surface area contributed by atoms with Crippen molar-refractivity contribution in [3.8, 4) is 0 Å². The zero-order valence-corrected chi connectivity index (χ0v) is 13.1. The van der Waals surface area contributed by atoms with E-state index in [-0.39, 0.29) is 17.5 Å². The van der Waals surface area contributed by atoms with Crippen LogP contribution in [0.25, 0.3) is 0 Å². The van der Waals surface area contributed by atoms with Crippen LogP contribution in [0.5, 0.6) is 0 Å². The molecule has 1 heterocycles. The number of hydrogen-bond donors (Lipinski definition) is 2. The van der Waals surface area contributed by atoms with Crippen molar-refractivity contribution in [2.75, 3.05) is 10.6 Å². The van der Waals surface area contributed by atoms with Crippen LogP contribution in [-0.4, -0.2) is 21.6 Å². The number of aryl methyl sites for hydroxylation is 1. The Morgan fingerprint density at radius 3 is 1.88 bits per heavy atom. The fourth-order valence-corrected chi connectivity index (χ4v) is 2.22. The second-order valence-electron chi connectivity index (χ2n) is 5.18. The van der Waals surface area contributed by atoms with Gasteiger partial charge in [-0.15, -0.1) is 0 Å². The molecule has 0 atom stereocenters. The Morgan fingerprint density at radius 2 is 1.33 bits per heavy atom. The predicted octanol–water partition coefficient (Wildman–Crippen LogP) is 2.92. The third-order valence-electron chi connectivity index (χ3n) is 3.41. The van der Waals surface area contributed by atoms with Gasteiger partial charge in [-0.2, -0.15) is 5.10 Å². The molecule has 3 rings (SSSR count). The van der Waals surface area contributed by atoms with Crippen LogP contribution in [0, 0.1) is 0 Å². The minimum atomic E-state index is -0.365. The first-order chi connectivity index (χ1) is 11.6. The summed E-state index contributed by atoms with van der Waals surface area (Å²) < 4.78 is 1.39. The van der Waals surface area contributed by atoms with Crippen LogP contribution in [-0.2, 0) is 7.05 Å². The van der Waals surface area contributed by atoms with E-state index in [9.17, 15) is 9.59 Å². The highest BCUT2D eigenvalue weighted by atomic mass is 16.2. The van der Waals surface area contributed by atoms with Gasteiger partial charge in [-0.25, -0.2) is 0 Å². The molecule has 0 radical (unpaired) electrons. The van der Waals surface area contributed by atoms with Gasteiger partial charge in [0.05, 0.1) is 0 Å². The van der Waals surface area contributed by atoms with Crippen molar-refractivity contribution >= 4 is 23.2 Å². The van der Waals surface area contributed by atoms with Gasteiger partial charge in [-0.05, 0) is 24.3 Å². The molecule has 2 amide bonds. The highest BCUT2D eigenvalue weighted by Crippen LogP contribution is 2.12. The maximum absolute atomic E-state index is 12.3. The normalized spacial score (nSPS) is 10.2. The molecular weight excluding hydrogens is 304 g/mol. The molecule has 0 aliphatic heterocycles. The van der Waals surface area contributed by atoms with Crippen molar-refractivity contribution in [3.63, 3.8) is 0 Å². The zero-order chi connectivity index (χ0) is 16.9. The second-order valence-corrected chi connectivity index (χ2v) is 5.18. The van der Waals surface area contributed by atoms with Gasteiger partial charge in [0.25, 0.3) is 11.8 Å². The van der Waals surface area contributed by atoms with Crippen molar-refractivity contribution in [2.45, 2.75) is 0 Å². The summed E-state index contributed by atoms with van der Waals surface area (Å²) in [5.41, 5.74) is 1.83.